The number of nitrogens with zero attached hydrogens (tertiary/aromatic N) is 4. The number of hydrogen-bond donors (Lipinski definition) is 1. The summed E-state index contributed by atoms with van der Waals surface area (Å²) in [5.41, 5.74) is 7.21. The van der Waals surface area contributed by atoms with E-state index >= 15 is 0 Å². The zero-order chi connectivity index (χ0) is 20.4. The van der Waals surface area contributed by atoms with E-state index in [9.17, 15) is 20.2 Å². The van der Waals surface area contributed by atoms with Crippen LogP contribution in [0.5, 0.6) is 0 Å². The second kappa shape index (κ2) is 7.69. The first kappa shape index (κ1) is 19.4. The van der Waals surface area contributed by atoms with Crippen LogP contribution >= 0.6 is 15.9 Å². The third-order valence-corrected chi connectivity index (χ3v) is 4.83. The molecule has 0 heterocycles. The topological polar surface area (TPSA) is 137 Å². The summed E-state index contributed by atoms with van der Waals surface area (Å²) in [6.45, 7) is 1.96. The maximum atomic E-state index is 11.4. The number of nitrogen functional groups attached to an aromatic ring is 1. The molecule has 0 amide bonds. The lowest BCUT2D eigenvalue weighted by Crippen LogP contribution is -1.95. The first-order valence-corrected chi connectivity index (χ1v) is 8.97. The standard InChI is InChI=1S/C18H14BrN5O4/c1-2-10-7-15(12-5-3-4-6-13(12)17(10)20)21-22-18-14(19)8-11(23(25)26)9-16(18)24(27)28/h3-9H,2,20H2,1H3. The molecule has 0 radical (unpaired) electrons. The molecule has 0 atom stereocenters. The minimum atomic E-state index is -0.731. The number of nitro benzene ring substituents is 2. The molecule has 0 saturated carbocycles. The molecular weight excluding hydrogens is 430 g/mol. The van der Waals surface area contributed by atoms with E-state index in [-0.39, 0.29) is 10.2 Å². The lowest BCUT2D eigenvalue weighted by molar-refractivity contribution is -0.393. The highest BCUT2D eigenvalue weighted by molar-refractivity contribution is 9.10. The molecule has 0 unspecified atom stereocenters. The first-order valence-electron chi connectivity index (χ1n) is 8.17. The van der Waals surface area contributed by atoms with Crippen LogP contribution in [0.1, 0.15) is 12.5 Å². The number of benzene rings is 3. The Bertz CT molecular complexity index is 1150. The molecule has 10 heteroatoms. The van der Waals surface area contributed by atoms with Gasteiger partial charge in [-0.25, -0.2) is 0 Å². The second-order valence-corrected chi connectivity index (χ2v) is 6.73. The van der Waals surface area contributed by atoms with Crippen molar-refractivity contribution in [2.45, 2.75) is 13.3 Å². The Morgan fingerprint density at radius 2 is 1.71 bits per heavy atom. The van der Waals surface area contributed by atoms with Crippen molar-refractivity contribution in [2.75, 3.05) is 5.73 Å². The summed E-state index contributed by atoms with van der Waals surface area (Å²) < 4.78 is 0.104. The number of nitro groups is 2. The number of fused-ring (bicyclic) bond motifs is 1. The number of nitrogens with two attached hydrogens (primary N) is 1. The van der Waals surface area contributed by atoms with Crippen molar-refractivity contribution in [3.63, 3.8) is 0 Å². The van der Waals surface area contributed by atoms with Gasteiger partial charge in [-0.2, -0.15) is 0 Å². The molecule has 0 aromatic heterocycles. The molecule has 142 valence electrons. The lowest BCUT2D eigenvalue weighted by atomic mass is 10.0. The van der Waals surface area contributed by atoms with Crippen LogP contribution in [0.2, 0.25) is 0 Å². The van der Waals surface area contributed by atoms with E-state index < -0.39 is 21.2 Å². The van der Waals surface area contributed by atoms with Gasteiger partial charge in [0.05, 0.1) is 26.1 Å². The summed E-state index contributed by atoms with van der Waals surface area (Å²) in [6.07, 6.45) is 0.681. The predicted molar refractivity (Wildman–Crippen MR) is 109 cm³/mol. The van der Waals surface area contributed by atoms with Crippen LogP contribution in [0.4, 0.5) is 28.4 Å². The van der Waals surface area contributed by atoms with Crippen molar-refractivity contribution in [3.8, 4) is 0 Å². The van der Waals surface area contributed by atoms with Gasteiger partial charge in [0.25, 0.3) is 5.69 Å². The van der Waals surface area contributed by atoms with Crippen molar-refractivity contribution in [3.05, 3.63) is 72.7 Å². The highest BCUT2D eigenvalue weighted by Crippen LogP contribution is 2.41. The third kappa shape index (κ3) is 3.54. The second-order valence-electron chi connectivity index (χ2n) is 5.88. The van der Waals surface area contributed by atoms with Gasteiger partial charge in [-0.15, -0.1) is 10.2 Å². The number of rotatable bonds is 5. The van der Waals surface area contributed by atoms with Crippen LogP contribution in [-0.2, 0) is 6.42 Å². The van der Waals surface area contributed by atoms with E-state index in [1.165, 1.54) is 0 Å². The Balaban J connectivity index is 2.19. The molecule has 0 aliphatic rings. The lowest BCUT2D eigenvalue weighted by Gasteiger charge is -2.10. The van der Waals surface area contributed by atoms with Crippen molar-refractivity contribution in [2.24, 2.45) is 10.2 Å². The smallest absolute Gasteiger partial charge is 0.304 e. The molecule has 9 nitrogen and oxygen atoms in total. The van der Waals surface area contributed by atoms with Gasteiger partial charge in [-0.3, -0.25) is 20.2 Å². The van der Waals surface area contributed by atoms with Crippen LogP contribution in [0.3, 0.4) is 0 Å². The van der Waals surface area contributed by atoms with Crippen molar-refractivity contribution in [1.82, 2.24) is 0 Å². The van der Waals surface area contributed by atoms with Crippen LogP contribution in [-0.4, -0.2) is 9.85 Å². The predicted octanol–water partition coefficient (Wildman–Crippen LogP) is 5.98. The maximum Gasteiger partial charge on any atom is 0.304 e. The fourth-order valence-electron chi connectivity index (χ4n) is 2.83. The third-order valence-electron chi connectivity index (χ3n) is 4.22. The van der Waals surface area contributed by atoms with Crippen LogP contribution in [0.25, 0.3) is 10.8 Å². The van der Waals surface area contributed by atoms with Gasteiger partial charge in [-0.1, -0.05) is 31.2 Å². The van der Waals surface area contributed by atoms with Gasteiger partial charge in [0.15, 0.2) is 5.69 Å². The molecule has 0 fully saturated rings. The Morgan fingerprint density at radius 3 is 2.32 bits per heavy atom. The Hall–Kier alpha value is -3.40. The highest BCUT2D eigenvalue weighted by atomic mass is 79.9. The van der Waals surface area contributed by atoms with E-state index in [2.05, 4.69) is 26.2 Å². The van der Waals surface area contributed by atoms with Crippen LogP contribution < -0.4 is 5.73 Å². The van der Waals surface area contributed by atoms with Gasteiger partial charge in [0, 0.05) is 22.5 Å². The minimum absolute atomic E-state index is 0.102. The Kier molecular flexibility index (Phi) is 5.32. The summed E-state index contributed by atoms with van der Waals surface area (Å²) in [7, 11) is 0. The fraction of sp³-hybridized carbons (Fsp3) is 0.111. The van der Waals surface area contributed by atoms with Gasteiger partial charge in [0.1, 0.15) is 0 Å². The summed E-state index contributed by atoms with van der Waals surface area (Å²) in [6, 6.07) is 11.2. The average molecular weight is 444 g/mol. The molecule has 0 spiro atoms. The number of non-ortho nitro benzene ring substituents is 1. The minimum Gasteiger partial charge on any atom is -0.398 e. The van der Waals surface area contributed by atoms with Gasteiger partial charge in [-0.05, 0) is 34.0 Å². The van der Waals surface area contributed by atoms with Crippen molar-refractivity contribution >= 4 is 55.1 Å². The molecule has 0 saturated heterocycles. The molecule has 0 bridgehead atoms. The summed E-state index contributed by atoms with van der Waals surface area (Å²) in [4.78, 5) is 20.9. The number of hydrogen-bond acceptors (Lipinski definition) is 7. The fourth-order valence-corrected chi connectivity index (χ4v) is 3.35. The van der Waals surface area contributed by atoms with E-state index in [1.807, 2.05) is 31.2 Å². The first-order chi connectivity index (χ1) is 13.3. The molecule has 2 N–H and O–H groups in total. The normalized spacial score (nSPS) is 11.2. The van der Waals surface area contributed by atoms with E-state index in [4.69, 9.17) is 5.73 Å². The average Bonchev–Trinajstić information content (AvgIpc) is 2.67. The maximum absolute atomic E-state index is 11.4. The largest absolute Gasteiger partial charge is 0.398 e. The zero-order valence-electron chi connectivity index (χ0n) is 14.6. The molecule has 28 heavy (non-hydrogen) atoms. The Morgan fingerprint density at radius 1 is 1.04 bits per heavy atom. The van der Waals surface area contributed by atoms with Crippen molar-refractivity contribution < 1.29 is 9.85 Å². The molecule has 0 aliphatic carbocycles. The Labute approximate surface area is 167 Å². The van der Waals surface area contributed by atoms with Gasteiger partial charge in [0.2, 0.25) is 0 Å². The quantitative estimate of drug-likeness (QED) is 0.223. The summed E-state index contributed by atoms with van der Waals surface area (Å²) in [5.74, 6) is 0. The number of aryl methyl sites for hydroxylation is 1. The van der Waals surface area contributed by atoms with Gasteiger partial charge >= 0.3 is 5.69 Å². The molecule has 0 aliphatic heterocycles. The SMILES string of the molecule is CCc1cc(N=Nc2c(Br)cc([N+](=O)[O-])cc2[N+](=O)[O-])c2ccccc2c1N. The summed E-state index contributed by atoms with van der Waals surface area (Å²) >= 11 is 3.12. The van der Waals surface area contributed by atoms with E-state index in [0.29, 0.717) is 17.8 Å². The van der Waals surface area contributed by atoms with Crippen LogP contribution in [0.15, 0.2) is 57.2 Å². The van der Waals surface area contributed by atoms with E-state index in [0.717, 1.165) is 28.5 Å². The number of azo groups is 1. The highest BCUT2D eigenvalue weighted by Gasteiger charge is 2.23. The summed E-state index contributed by atoms with van der Waals surface area (Å²) in [5, 5.41) is 32.1. The van der Waals surface area contributed by atoms with Crippen molar-refractivity contribution in [1.29, 1.82) is 0 Å². The molecule has 3 aromatic rings. The monoisotopic (exact) mass is 443 g/mol. The number of anilines is 1. The zero-order valence-corrected chi connectivity index (χ0v) is 16.2. The van der Waals surface area contributed by atoms with Crippen LogP contribution in [0, 0.1) is 20.2 Å². The van der Waals surface area contributed by atoms with Gasteiger partial charge < -0.3 is 5.73 Å². The number of halogens is 1. The molecule has 3 aromatic carbocycles. The van der Waals surface area contributed by atoms with E-state index in [1.54, 1.807) is 6.07 Å². The molecular formula is C18H14BrN5O4. The molecule has 3 rings (SSSR count).